The molecule has 2 N–H and O–H groups in total. The maximum Gasteiger partial charge on any atom is 0.191 e. The van der Waals surface area contributed by atoms with Gasteiger partial charge in [0, 0.05) is 44.6 Å². The fourth-order valence-electron chi connectivity index (χ4n) is 4.38. The molecule has 6 nitrogen and oxygen atoms in total. The zero-order valence-electron chi connectivity index (χ0n) is 18.5. The number of nitrogens with zero attached hydrogens (tertiary/aromatic N) is 4. The number of anilines is 1. The molecule has 0 spiro atoms. The van der Waals surface area contributed by atoms with Crippen molar-refractivity contribution in [2.24, 2.45) is 10.9 Å². The Labute approximate surface area is 211 Å². The number of guanidine groups is 1. The van der Waals surface area contributed by atoms with Crippen molar-refractivity contribution in [3.8, 4) is 0 Å². The Morgan fingerprint density at radius 3 is 2.55 bits per heavy atom. The Bertz CT molecular complexity index is 793. The van der Waals surface area contributed by atoms with E-state index in [0.29, 0.717) is 6.04 Å². The summed E-state index contributed by atoms with van der Waals surface area (Å²) in [6, 6.07) is 4.87. The average molecular weight is 575 g/mol. The van der Waals surface area contributed by atoms with Crippen molar-refractivity contribution in [2.45, 2.75) is 45.2 Å². The molecule has 0 amide bonds. The van der Waals surface area contributed by atoms with Crippen LogP contribution in [-0.4, -0.2) is 61.7 Å². The molecule has 0 aromatic carbocycles. The number of halogens is 1. The second-order valence-electron chi connectivity index (χ2n) is 8.39. The van der Waals surface area contributed by atoms with E-state index in [4.69, 9.17) is 0 Å². The molecular formula is C22H35IN6S2. The minimum Gasteiger partial charge on any atom is -0.363 e. The number of hydrogen-bond donors (Lipinski definition) is 2. The lowest BCUT2D eigenvalue weighted by atomic mass is 9.97. The first-order valence-electron chi connectivity index (χ1n) is 11.1. The molecule has 2 fully saturated rings. The van der Waals surface area contributed by atoms with Gasteiger partial charge in [0.1, 0.15) is 0 Å². The summed E-state index contributed by atoms with van der Waals surface area (Å²) < 4.78 is 0. The second kappa shape index (κ2) is 12.4. The van der Waals surface area contributed by atoms with Crippen LogP contribution in [0, 0.1) is 12.8 Å². The van der Waals surface area contributed by atoms with Gasteiger partial charge in [0.25, 0.3) is 0 Å². The molecular weight excluding hydrogens is 539 g/mol. The summed E-state index contributed by atoms with van der Waals surface area (Å²) in [6.45, 7) is 8.65. The van der Waals surface area contributed by atoms with E-state index in [1.165, 1.54) is 28.5 Å². The van der Waals surface area contributed by atoms with Gasteiger partial charge >= 0.3 is 0 Å². The number of likely N-dealkylation sites (tertiary alicyclic amines) is 1. The van der Waals surface area contributed by atoms with E-state index >= 15 is 0 Å². The summed E-state index contributed by atoms with van der Waals surface area (Å²) >= 11 is 3.59. The van der Waals surface area contributed by atoms with Gasteiger partial charge in [-0.15, -0.1) is 46.7 Å². The molecule has 2 aromatic heterocycles. The quantitative estimate of drug-likeness (QED) is 0.308. The molecule has 172 valence electrons. The molecule has 2 aliphatic rings. The number of piperidine rings is 2. The Hall–Kier alpha value is -0.910. The third kappa shape index (κ3) is 7.30. The van der Waals surface area contributed by atoms with Crippen molar-refractivity contribution < 1.29 is 0 Å². The highest BCUT2D eigenvalue weighted by Gasteiger charge is 2.22. The van der Waals surface area contributed by atoms with Crippen LogP contribution in [0.15, 0.2) is 27.9 Å². The molecule has 9 heteroatoms. The molecule has 4 heterocycles. The topological polar surface area (TPSA) is 55.8 Å². The number of rotatable bonds is 6. The SMILES string of the molecule is CN=C(NCC1CCN(Cc2csc(C)n2)CC1)NC1CCN(c2cccs2)CC1.I. The zero-order chi connectivity index (χ0) is 20.8. The Morgan fingerprint density at radius 2 is 1.94 bits per heavy atom. The molecule has 0 atom stereocenters. The number of aryl methyl sites for hydroxylation is 1. The van der Waals surface area contributed by atoms with Crippen LogP contribution in [0.4, 0.5) is 5.00 Å². The molecule has 0 bridgehead atoms. The van der Waals surface area contributed by atoms with Crippen molar-refractivity contribution in [2.75, 3.05) is 44.7 Å². The van der Waals surface area contributed by atoms with Gasteiger partial charge in [0.2, 0.25) is 0 Å². The lowest BCUT2D eigenvalue weighted by molar-refractivity contribution is 0.176. The molecule has 2 aliphatic heterocycles. The molecule has 0 saturated carbocycles. The minimum atomic E-state index is 0. The van der Waals surface area contributed by atoms with Gasteiger partial charge in [-0.25, -0.2) is 4.98 Å². The van der Waals surface area contributed by atoms with E-state index in [-0.39, 0.29) is 24.0 Å². The molecule has 4 rings (SSSR count). The summed E-state index contributed by atoms with van der Waals surface area (Å²) in [7, 11) is 1.88. The molecule has 2 saturated heterocycles. The van der Waals surface area contributed by atoms with Crippen LogP contribution in [0.3, 0.4) is 0 Å². The van der Waals surface area contributed by atoms with Crippen molar-refractivity contribution in [1.82, 2.24) is 20.5 Å². The third-order valence-corrected chi connectivity index (χ3v) is 7.95. The van der Waals surface area contributed by atoms with Crippen LogP contribution in [0.1, 0.15) is 36.4 Å². The molecule has 0 radical (unpaired) electrons. The smallest absolute Gasteiger partial charge is 0.191 e. The largest absolute Gasteiger partial charge is 0.363 e. The maximum absolute atomic E-state index is 4.61. The number of nitrogens with one attached hydrogen (secondary N) is 2. The molecule has 0 aliphatic carbocycles. The van der Waals surface area contributed by atoms with Crippen LogP contribution in [0.5, 0.6) is 0 Å². The molecule has 2 aromatic rings. The van der Waals surface area contributed by atoms with Gasteiger partial charge < -0.3 is 15.5 Å². The summed E-state index contributed by atoms with van der Waals surface area (Å²) in [5, 5.41) is 14.2. The highest BCUT2D eigenvalue weighted by Crippen LogP contribution is 2.25. The first kappa shape index (κ1) is 24.7. The Balaban J connectivity index is 0.00000272. The van der Waals surface area contributed by atoms with Crippen LogP contribution >= 0.6 is 46.7 Å². The monoisotopic (exact) mass is 574 g/mol. The lowest BCUT2D eigenvalue weighted by Crippen LogP contribution is -2.49. The van der Waals surface area contributed by atoms with Gasteiger partial charge in [-0.2, -0.15) is 0 Å². The predicted molar refractivity (Wildman–Crippen MR) is 144 cm³/mol. The van der Waals surface area contributed by atoms with Crippen molar-refractivity contribution >= 4 is 57.6 Å². The summed E-state index contributed by atoms with van der Waals surface area (Å²) in [5.74, 6) is 1.68. The maximum atomic E-state index is 4.61. The third-order valence-electron chi connectivity index (χ3n) is 6.19. The van der Waals surface area contributed by atoms with Gasteiger partial charge in [-0.1, -0.05) is 0 Å². The van der Waals surface area contributed by atoms with Crippen molar-refractivity contribution in [3.63, 3.8) is 0 Å². The number of aromatic nitrogens is 1. The van der Waals surface area contributed by atoms with Gasteiger partial charge in [-0.3, -0.25) is 9.89 Å². The molecule has 0 unspecified atom stereocenters. The van der Waals surface area contributed by atoms with Crippen LogP contribution in [0.2, 0.25) is 0 Å². The van der Waals surface area contributed by atoms with Crippen molar-refractivity contribution in [3.05, 3.63) is 33.6 Å². The predicted octanol–water partition coefficient (Wildman–Crippen LogP) is 4.18. The summed E-state index contributed by atoms with van der Waals surface area (Å²) in [6.07, 6.45) is 4.80. The zero-order valence-corrected chi connectivity index (χ0v) is 22.5. The minimum absolute atomic E-state index is 0. The van der Waals surface area contributed by atoms with E-state index in [1.807, 2.05) is 18.4 Å². The summed E-state index contributed by atoms with van der Waals surface area (Å²) in [4.78, 5) is 14.1. The molecule has 31 heavy (non-hydrogen) atoms. The van der Waals surface area contributed by atoms with E-state index in [2.05, 4.69) is 60.2 Å². The number of thiazole rings is 1. The van der Waals surface area contributed by atoms with E-state index in [0.717, 1.165) is 64.0 Å². The highest BCUT2D eigenvalue weighted by atomic mass is 127. The van der Waals surface area contributed by atoms with Crippen LogP contribution in [-0.2, 0) is 6.54 Å². The second-order valence-corrected chi connectivity index (χ2v) is 10.4. The number of aliphatic imine (C=N–C) groups is 1. The Kier molecular flexibility index (Phi) is 9.86. The van der Waals surface area contributed by atoms with E-state index in [1.54, 1.807) is 11.3 Å². The van der Waals surface area contributed by atoms with Gasteiger partial charge in [-0.05, 0) is 69.1 Å². The lowest BCUT2D eigenvalue weighted by Gasteiger charge is -2.34. The van der Waals surface area contributed by atoms with E-state index in [9.17, 15) is 0 Å². The van der Waals surface area contributed by atoms with Crippen LogP contribution in [0.25, 0.3) is 0 Å². The summed E-state index contributed by atoms with van der Waals surface area (Å²) in [5.41, 5.74) is 1.23. The first-order valence-corrected chi connectivity index (χ1v) is 12.8. The number of hydrogen-bond acceptors (Lipinski definition) is 6. The van der Waals surface area contributed by atoms with Gasteiger partial charge in [0.05, 0.1) is 15.7 Å². The first-order chi connectivity index (χ1) is 14.7. The average Bonchev–Trinajstić information content (AvgIpc) is 3.45. The Morgan fingerprint density at radius 1 is 1.16 bits per heavy atom. The normalized spacial score (nSPS) is 19.3. The number of thiophene rings is 1. The van der Waals surface area contributed by atoms with E-state index < -0.39 is 0 Å². The standard InChI is InChI=1S/C22H34N6S2.HI/c1-17-25-20(16-30-17)15-27-9-5-18(6-10-27)14-24-22(23-2)26-19-7-11-28(12-8-19)21-4-3-13-29-21;/h3-4,13,16,18-19H,5-12,14-15H2,1-2H3,(H2,23,24,26);1H. The fraction of sp³-hybridized carbons (Fsp3) is 0.636. The van der Waals surface area contributed by atoms with Crippen molar-refractivity contribution in [1.29, 1.82) is 0 Å². The highest BCUT2D eigenvalue weighted by molar-refractivity contribution is 14.0. The van der Waals surface area contributed by atoms with Crippen LogP contribution < -0.4 is 15.5 Å². The van der Waals surface area contributed by atoms with Gasteiger partial charge in [0.15, 0.2) is 5.96 Å². The fourth-order valence-corrected chi connectivity index (χ4v) is 5.77.